The summed E-state index contributed by atoms with van der Waals surface area (Å²) in [6.07, 6.45) is 1.91. The van der Waals surface area contributed by atoms with E-state index in [1.54, 1.807) is 4.90 Å². The average Bonchev–Trinajstić information content (AvgIpc) is 3.63. The zero-order valence-electron chi connectivity index (χ0n) is 18.6. The van der Waals surface area contributed by atoms with Crippen LogP contribution in [-0.4, -0.2) is 70.6 Å². The molecule has 2 fully saturated rings. The van der Waals surface area contributed by atoms with Crippen molar-refractivity contribution in [3.8, 4) is 11.3 Å². The second-order valence-corrected chi connectivity index (χ2v) is 8.84. The van der Waals surface area contributed by atoms with Crippen LogP contribution in [0.1, 0.15) is 32.3 Å². The minimum atomic E-state index is 0.0307. The summed E-state index contributed by atoms with van der Waals surface area (Å²) in [5, 5.41) is 8.80. The van der Waals surface area contributed by atoms with Crippen LogP contribution in [0.25, 0.3) is 11.3 Å². The molecule has 2 amide bonds. The van der Waals surface area contributed by atoms with Gasteiger partial charge in [-0.25, -0.2) is 0 Å². The van der Waals surface area contributed by atoms with E-state index in [1.807, 2.05) is 30.9 Å². The Labute approximate surface area is 184 Å². The van der Waals surface area contributed by atoms with Crippen LogP contribution < -0.4 is 4.90 Å². The second-order valence-electron chi connectivity index (χ2n) is 8.84. The summed E-state index contributed by atoms with van der Waals surface area (Å²) >= 11 is 0. The SMILES string of the molecule is Cc1ccc(-c2ccc(N3CCN(C(=O)CN(C(=O)C4CC4)C(C)C)CC3)nn2)cc1. The summed E-state index contributed by atoms with van der Waals surface area (Å²) in [6.45, 7) is 8.87. The lowest BCUT2D eigenvalue weighted by atomic mass is 10.1. The maximum atomic E-state index is 12.8. The van der Waals surface area contributed by atoms with E-state index in [0.29, 0.717) is 26.2 Å². The molecule has 0 unspecified atom stereocenters. The fraction of sp³-hybridized carbons (Fsp3) is 0.500. The number of aromatic nitrogens is 2. The summed E-state index contributed by atoms with van der Waals surface area (Å²) in [6, 6.07) is 12.3. The third kappa shape index (κ3) is 5.03. The molecule has 2 aromatic rings. The fourth-order valence-electron chi connectivity index (χ4n) is 3.88. The number of carbonyl (C=O) groups is 2. The molecule has 0 spiro atoms. The molecule has 4 rings (SSSR count). The first-order valence-electron chi connectivity index (χ1n) is 11.2. The van der Waals surface area contributed by atoms with Gasteiger partial charge in [0.1, 0.15) is 0 Å². The quantitative estimate of drug-likeness (QED) is 0.717. The molecule has 0 bridgehead atoms. The van der Waals surface area contributed by atoms with Gasteiger partial charge >= 0.3 is 0 Å². The molecule has 164 valence electrons. The van der Waals surface area contributed by atoms with Gasteiger partial charge in [-0.15, -0.1) is 10.2 Å². The van der Waals surface area contributed by atoms with Crippen molar-refractivity contribution in [3.63, 3.8) is 0 Å². The number of amides is 2. The molecule has 0 radical (unpaired) electrons. The van der Waals surface area contributed by atoms with E-state index in [-0.39, 0.29) is 30.3 Å². The van der Waals surface area contributed by atoms with Gasteiger partial charge in [-0.1, -0.05) is 29.8 Å². The van der Waals surface area contributed by atoms with Gasteiger partial charge in [0.15, 0.2) is 5.82 Å². The molecule has 1 saturated carbocycles. The first-order valence-corrected chi connectivity index (χ1v) is 11.2. The molecule has 1 aromatic carbocycles. The molecule has 0 N–H and O–H groups in total. The Kier molecular flexibility index (Phi) is 6.20. The van der Waals surface area contributed by atoms with Crippen molar-refractivity contribution >= 4 is 17.6 Å². The first-order chi connectivity index (χ1) is 14.9. The maximum Gasteiger partial charge on any atom is 0.242 e. The van der Waals surface area contributed by atoms with Crippen LogP contribution in [0, 0.1) is 12.8 Å². The normalized spacial score (nSPS) is 16.5. The molecule has 2 aliphatic rings. The highest BCUT2D eigenvalue weighted by molar-refractivity contribution is 5.87. The third-order valence-electron chi connectivity index (χ3n) is 6.09. The lowest BCUT2D eigenvalue weighted by Crippen LogP contribution is -2.53. The lowest BCUT2D eigenvalue weighted by Gasteiger charge is -2.36. The monoisotopic (exact) mass is 421 g/mol. The van der Waals surface area contributed by atoms with Crippen LogP contribution in [0.15, 0.2) is 36.4 Å². The largest absolute Gasteiger partial charge is 0.352 e. The summed E-state index contributed by atoms with van der Waals surface area (Å²) in [4.78, 5) is 31.1. The summed E-state index contributed by atoms with van der Waals surface area (Å²) < 4.78 is 0. The number of hydrogen-bond donors (Lipinski definition) is 0. The molecular weight excluding hydrogens is 390 g/mol. The molecule has 2 heterocycles. The van der Waals surface area contributed by atoms with Crippen LogP contribution >= 0.6 is 0 Å². The van der Waals surface area contributed by atoms with Crippen LogP contribution in [-0.2, 0) is 9.59 Å². The summed E-state index contributed by atoms with van der Waals surface area (Å²) in [5.41, 5.74) is 3.12. The van der Waals surface area contributed by atoms with Crippen molar-refractivity contribution in [2.24, 2.45) is 5.92 Å². The number of hydrogen-bond acceptors (Lipinski definition) is 5. The van der Waals surface area contributed by atoms with Crippen LogP contribution in [0.3, 0.4) is 0 Å². The van der Waals surface area contributed by atoms with Crippen LogP contribution in [0.4, 0.5) is 5.82 Å². The topological polar surface area (TPSA) is 69.6 Å². The van der Waals surface area contributed by atoms with E-state index in [1.165, 1.54) is 5.56 Å². The van der Waals surface area contributed by atoms with E-state index < -0.39 is 0 Å². The van der Waals surface area contributed by atoms with Gasteiger partial charge in [0.05, 0.1) is 12.2 Å². The molecule has 1 aromatic heterocycles. The van der Waals surface area contributed by atoms with Crippen LogP contribution in [0.5, 0.6) is 0 Å². The Balaban J connectivity index is 1.32. The van der Waals surface area contributed by atoms with Crippen molar-refractivity contribution in [1.82, 2.24) is 20.0 Å². The van der Waals surface area contributed by atoms with Gasteiger partial charge in [-0.3, -0.25) is 9.59 Å². The zero-order valence-corrected chi connectivity index (χ0v) is 18.6. The van der Waals surface area contributed by atoms with Gasteiger partial charge < -0.3 is 14.7 Å². The van der Waals surface area contributed by atoms with Crippen molar-refractivity contribution in [2.75, 3.05) is 37.6 Å². The molecule has 7 heteroatoms. The molecule has 1 saturated heterocycles. The average molecular weight is 422 g/mol. The highest BCUT2D eigenvalue weighted by atomic mass is 16.2. The van der Waals surface area contributed by atoms with Crippen molar-refractivity contribution in [1.29, 1.82) is 0 Å². The predicted octanol–water partition coefficient (Wildman–Crippen LogP) is 2.75. The molecule has 0 atom stereocenters. The first kappa shape index (κ1) is 21.3. The number of rotatable bonds is 6. The van der Waals surface area contributed by atoms with E-state index >= 15 is 0 Å². The Morgan fingerprint density at radius 3 is 2.23 bits per heavy atom. The minimum absolute atomic E-state index is 0.0307. The van der Waals surface area contributed by atoms with Crippen LogP contribution in [0.2, 0.25) is 0 Å². The van der Waals surface area contributed by atoms with E-state index in [9.17, 15) is 9.59 Å². The number of aryl methyl sites for hydroxylation is 1. The Bertz CT molecular complexity index is 914. The zero-order chi connectivity index (χ0) is 22.0. The number of nitrogens with zero attached hydrogens (tertiary/aromatic N) is 5. The third-order valence-corrected chi connectivity index (χ3v) is 6.09. The second kappa shape index (κ2) is 9.04. The van der Waals surface area contributed by atoms with E-state index in [2.05, 4.69) is 46.3 Å². The Hall–Kier alpha value is -2.96. The summed E-state index contributed by atoms with van der Waals surface area (Å²) in [5.74, 6) is 1.12. The number of anilines is 1. The van der Waals surface area contributed by atoms with Crippen molar-refractivity contribution in [3.05, 3.63) is 42.0 Å². The molecule has 1 aliphatic heterocycles. The number of benzene rings is 1. The minimum Gasteiger partial charge on any atom is -0.352 e. The van der Waals surface area contributed by atoms with Gasteiger partial charge in [-0.05, 0) is 45.7 Å². The highest BCUT2D eigenvalue weighted by Crippen LogP contribution is 2.31. The predicted molar refractivity (Wildman–Crippen MR) is 121 cm³/mol. The van der Waals surface area contributed by atoms with E-state index in [0.717, 1.165) is 29.9 Å². The van der Waals surface area contributed by atoms with Gasteiger partial charge in [0.2, 0.25) is 11.8 Å². The number of carbonyl (C=O) groups excluding carboxylic acids is 2. The summed E-state index contributed by atoms with van der Waals surface area (Å²) in [7, 11) is 0. The highest BCUT2D eigenvalue weighted by Gasteiger charge is 2.36. The van der Waals surface area contributed by atoms with Gasteiger partial charge in [0, 0.05) is 43.7 Å². The Morgan fingerprint density at radius 1 is 1.00 bits per heavy atom. The molecule has 31 heavy (non-hydrogen) atoms. The molecule has 7 nitrogen and oxygen atoms in total. The van der Waals surface area contributed by atoms with Crippen molar-refractivity contribution < 1.29 is 9.59 Å². The Morgan fingerprint density at radius 2 is 1.68 bits per heavy atom. The van der Waals surface area contributed by atoms with Crippen molar-refractivity contribution in [2.45, 2.75) is 39.7 Å². The fourth-order valence-corrected chi connectivity index (χ4v) is 3.88. The molecular formula is C24H31N5O2. The van der Waals surface area contributed by atoms with Gasteiger partial charge in [0.25, 0.3) is 0 Å². The van der Waals surface area contributed by atoms with Gasteiger partial charge in [-0.2, -0.15) is 0 Å². The van der Waals surface area contributed by atoms with E-state index in [4.69, 9.17) is 0 Å². The smallest absolute Gasteiger partial charge is 0.242 e. The molecule has 1 aliphatic carbocycles. The lowest BCUT2D eigenvalue weighted by molar-refractivity contribution is -0.143. The number of piperazine rings is 1. The maximum absolute atomic E-state index is 12.8. The standard InChI is InChI=1S/C24H31N5O2/c1-17(2)29(24(31)20-8-9-20)16-23(30)28-14-12-27(13-15-28)22-11-10-21(25-26-22)19-6-4-18(3)5-7-19/h4-7,10-11,17,20H,8-9,12-16H2,1-3H3.